The first-order chi connectivity index (χ1) is 25.9. The summed E-state index contributed by atoms with van der Waals surface area (Å²) in [7, 11) is 0. The Kier molecular flexibility index (Phi) is 14.0. The van der Waals surface area contributed by atoms with Gasteiger partial charge in [0, 0.05) is 24.2 Å². The van der Waals surface area contributed by atoms with E-state index in [1.54, 1.807) is 20.8 Å². The lowest BCUT2D eigenvalue weighted by molar-refractivity contribution is -0.181. The van der Waals surface area contributed by atoms with Crippen LogP contribution in [0.2, 0.25) is 0 Å². The van der Waals surface area contributed by atoms with Crippen molar-refractivity contribution in [2.24, 2.45) is 11.5 Å². The second kappa shape index (κ2) is 18.2. The number of nitrogens with one attached hydrogen (secondary N) is 3. The number of amides is 5. The Labute approximate surface area is 324 Å². The summed E-state index contributed by atoms with van der Waals surface area (Å²) in [6.07, 6.45) is -0.725. The molecule has 8 N–H and O–H groups in total. The lowest BCUT2D eigenvalue weighted by Crippen LogP contribution is -2.78. The van der Waals surface area contributed by atoms with Gasteiger partial charge in [0.15, 0.2) is 17.9 Å². The number of carbonyl (C=O) groups is 6. The van der Waals surface area contributed by atoms with Crippen LogP contribution >= 0.6 is 11.6 Å². The monoisotopic (exact) mass is 778 g/mol. The molecule has 0 bridgehead atoms. The molecule has 55 heavy (non-hydrogen) atoms. The van der Waals surface area contributed by atoms with Gasteiger partial charge in [-0.2, -0.15) is 0 Å². The number of carbonyl (C=O) groups excluding carboxylic acids is 6. The van der Waals surface area contributed by atoms with Gasteiger partial charge >= 0.3 is 6.09 Å². The molecular weight excluding hydrogens is 732 g/mol. The Hall–Kier alpha value is -5.51. The normalized spacial score (nSPS) is 19.8. The van der Waals surface area contributed by atoms with Gasteiger partial charge in [-0.1, -0.05) is 60.7 Å². The van der Waals surface area contributed by atoms with Crippen molar-refractivity contribution in [2.45, 2.75) is 81.3 Å². The number of ketones is 1. The highest BCUT2D eigenvalue weighted by atomic mass is 35.5. The highest BCUT2D eigenvalue weighted by Crippen LogP contribution is 2.41. The average Bonchev–Trinajstić information content (AvgIpc) is 3.35. The molecule has 1 aliphatic rings. The van der Waals surface area contributed by atoms with Crippen LogP contribution in [0, 0.1) is 0 Å². The van der Waals surface area contributed by atoms with Gasteiger partial charge in [-0.3, -0.25) is 29.3 Å². The van der Waals surface area contributed by atoms with Crippen LogP contribution in [0.5, 0.6) is 5.75 Å². The summed E-state index contributed by atoms with van der Waals surface area (Å²) in [5.74, 6) is -4.78. The molecule has 15 nitrogen and oxygen atoms in total. The first-order valence-corrected chi connectivity index (χ1v) is 18.0. The van der Waals surface area contributed by atoms with Gasteiger partial charge in [0.1, 0.15) is 12.4 Å². The summed E-state index contributed by atoms with van der Waals surface area (Å²) in [4.78, 5) is 80.1. The second-order valence-electron chi connectivity index (χ2n) is 14.2. The fourth-order valence-corrected chi connectivity index (χ4v) is 6.44. The molecule has 5 amide bonds. The Morgan fingerprint density at radius 3 is 2.13 bits per heavy atom. The predicted octanol–water partition coefficient (Wildman–Crippen LogP) is 2.52. The number of halogens is 1. The molecule has 3 aromatic rings. The van der Waals surface area contributed by atoms with Crippen molar-refractivity contribution in [3.05, 3.63) is 96.1 Å². The number of hydrogen-bond donors (Lipinski definition) is 6. The van der Waals surface area contributed by atoms with Crippen molar-refractivity contribution in [3.63, 3.8) is 0 Å². The Bertz CT molecular complexity index is 1840. The summed E-state index contributed by atoms with van der Waals surface area (Å²) < 4.78 is 10.7. The Balaban J connectivity index is 1.45. The number of benzene rings is 3. The van der Waals surface area contributed by atoms with E-state index in [2.05, 4.69) is 16.0 Å². The van der Waals surface area contributed by atoms with E-state index in [0.29, 0.717) is 18.5 Å². The first kappa shape index (κ1) is 42.2. The molecule has 0 saturated carbocycles. The molecule has 4 atom stereocenters. The number of alkyl halides is 1. The fourth-order valence-electron chi connectivity index (χ4n) is 6.04. The van der Waals surface area contributed by atoms with Gasteiger partial charge in [-0.25, -0.2) is 4.79 Å². The highest BCUT2D eigenvalue weighted by molar-refractivity contribution is 6.26. The van der Waals surface area contributed by atoms with E-state index < -0.39 is 83.3 Å². The van der Waals surface area contributed by atoms with Crippen LogP contribution in [0.1, 0.15) is 51.2 Å². The van der Waals surface area contributed by atoms with Crippen LogP contribution in [0.15, 0.2) is 84.9 Å². The number of primary amides is 1. The maximum absolute atomic E-state index is 14.3. The van der Waals surface area contributed by atoms with Crippen molar-refractivity contribution in [1.29, 1.82) is 0 Å². The number of ether oxygens (including phenoxy) is 2. The number of aryl methyl sites for hydroxylation is 1. The minimum absolute atomic E-state index is 0.0774. The zero-order chi connectivity index (χ0) is 40.4. The summed E-state index contributed by atoms with van der Waals surface area (Å²) in [5, 5.41) is 18.2. The SMILES string of the molecule is CC(C)(C)NC(=O)[C@@]1(O)N(C(=O)CCCc2ccccc2)CC(Cl)C1(N)C(=O)[C@H](CC(N)=O)NC(=O)COc1ccc(NC(=O)OCc2ccccc2)cc1. The number of Topliss-reactive ketones (excluding diaryl/α,β-unsaturated/α-hetero) is 1. The van der Waals surface area contributed by atoms with Gasteiger partial charge in [-0.05, 0) is 69.0 Å². The quantitative estimate of drug-likeness (QED) is 0.116. The van der Waals surface area contributed by atoms with Crippen LogP contribution in [-0.2, 0) is 41.7 Å². The third-order valence-electron chi connectivity index (χ3n) is 8.76. The summed E-state index contributed by atoms with van der Waals surface area (Å²) in [5.41, 5.74) is 7.54. The smallest absolute Gasteiger partial charge is 0.411 e. The van der Waals surface area contributed by atoms with E-state index in [-0.39, 0.29) is 18.8 Å². The Morgan fingerprint density at radius 1 is 0.945 bits per heavy atom. The zero-order valence-electron chi connectivity index (χ0n) is 30.9. The van der Waals surface area contributed by atoms with Crippen LogP contribution in [0.4, 0.5) is 10.5 Å². The van der Waals surface area contributed by atoms with E-state index in [1.165, 1.54) is 24.3 Å². The van der Waals surface area contributed by atoms with E-state index in [4.69, 9.17) is 32.5 Å². The number of nitrogens with zero attached hydrogens (tertiary/aromatic N) is 1. The summed E-state index contributed by atoms with van der Waals surface area (Å²) in [6, 6.07) is 22.7. The van der Waals surface area contributed by atoms with E-state index >= 15 is 0 Å². The maximum atomic E-state index is 14.3. The fraction of sp³-hybridized carbons (Fsp3) is 0.385. The second-order valence-corrected chi connectivity index (χ2v) is 14.7. The summed E-state index contributed by atoms with van der Waals surface area (Å²) in [6.45, 7) is 3.78. The van der Waals surface area contributed by atoms with Gasteiger partial charge < -0.3 is 41.6 Å². The third kappa shape index (κ3) is 10.8. The van der Waals surface area contributed by atoms with E-state index in [0.717, 1.165) is 16.0 Å². The largest absolute Gasteiger partial charge is 0.484 e. The highest BCUT2D eigenvalue weighted by Gasteiger charge is 2.71. The van der Waals surface area contributed by atoms with Crippen LogP contribution in [0.25, 0.3) is 0 Å². The molecule has 0 aromatic heterocycles. The molecular formula is C39H47ClN6O9. The van der Waals surface area contributed by atoms with Gasteiger partial charge in [-0.15, -0.1) is 11.6 Å². The van der Waals surface area contributed by atoms with E-state index in [1.807, 2.05) is 60.7 Å². The molecule has 0 aliphatic carbocycles. The molecule has 1 fully saturated rings. The minimum atomic E-state index is -3.03. The maximum Gasteiger partial charge on any atom is 0.411 e. The predicted molar refractivity (Wildman–Crippen MR) is 203 cm³/mol. The first-order valence-electron chi connectivity index (χ1n) is 17.6. The van der Waals surface area contributed by atoms with Gasteiger partial charge in [0.2, 0.25) is 17.5 Å². The van der Waals surface area contributed by atoms with Crippen LogP contribution in [0.3, 0.4) is 0 Å². The minimum Gasteiger partial charge on any atom is -0.484 e. The molecule has 16 heteroatoms. The van der Waals surface area contributed by atoms with Gasteiger partial charge in [0.05, 0.1) is 17.8 Å². The van der Waals surface area contributed by atoms with E-state index in [9.17, 15) is 33.9 Å². The molecule has 4 rings (SSSR count). The lowest BCUT2D eigenvalue weighted by Gasteiger charge is -2.43. The number of nitrogens with two attached hydrogens (primary N) is 2. The zero-order valence-corrected chi connectivity index (χ0v) is 31.6. The molecule has 2 unspecified atom stereocenters. The third-order valence-corrected chi connectivity index (χ3v) is 9.24. The molecule has 0 spiro atoms. The van der Waals surface area contributed by atoms with Crippen molar-refractivity contribution in [1.82, 2.24) is 15.5 Å². The van der Waals surface area contributed by atoms with Crippen LogP contribution < -0.4 is 32.2 Å². The van der Waals surface area contributed by atoms with Crippen molar-refractivity contribution >= 4 is 52.8 Å². The van der Waals surface area contributed by atoms with Crippen molar-refractivity contribution in [3.8, 4) is 5.75 Å². The standard InChI is InChI=1S/C39H47ClN6O9/c1-37(2,3)45-35(51)39(53)38(42,30(40)22-46(39)33(49)16-10-15-25-11-6-4-7-12-25)34(50)29(21-31(41)47)44-32(48)24-54-28-19-17-27(18-20-28)43-36(52)55-23-26-13-8-5-9-14-26/h4-9,11-14,17-20,29-30,53H,10,15-16,21-24,42H2,1-3H3,(H2,41,47)(H,43,52)(H,44,48)(H,45,51)/t29-,30?,38?,39-/m0/s1. The summed E-state index contributed by atoms with van der Waals surface area (Å²) >= 11 is 6.66. The number of likely N-dealkylation sites (tertiary alicyclic amines) is 1. The number of hydrogen-bond acceptors (Lipinski definition) is 10. The van der Waals surface area contributed by atoms with Crippen molar-refractivity contribution in [2.75, 3.05) is 18.5 Å². The lowest BCUT2D eigenvalue weighted by atomic mass is 9.78. The average molecular weight is 779 g/mol. The van der Waals surface area contributed by atoms with Gasteiger partial charge in [0.25, 0.3) is 11.8 Å². The molecule has 294 valence electrons. The Morgan fingerprint density at radius 2 is 1.55 bits per heavy atom. The molecule has 1 heterocycles. The molecule has 3 aromatic carbocycles. The van der Waals surface area contributed by atoms with Crippen LogP contribution in [-0.4, -0.2) is 86.9 Å². The number of anilines is 1. The molecule has 1 aliphatic heterocycles. The molecule has 1 saturated heterocycles. The topological polar surface area (TPSA) is 232 Å². The molecule has 0 radical (unpaired) electrons. The van der Waals surface area contributed by atoms with Crippen molar-refractivity contribution < 1.29 is 43.3 Å². The number of aliphatic hydroxyl groups is 1. The number of rotatable bonds is 16.